The van der Waals surface area contributed by atoms with E-state index in [0.717, 1.165) is 51.3 Å². The lowest BCUT2D eigenvalue weighted by molar-refractivity contribution is -0.141. The van der Waals surface area contributed by atoms with Gasteiger partial charge >= 0.3 is 5.97 Å². The van der Waals surface area contributed by atoms with Crippen LogP contribution in [0.4, 0.5) is 0 Å². The Hall–Kier alpha value is -4.59. The van der Waals surface area contributed by atoms with Gasteiger partial charge in [-0.25, -0.2) is 4.79 Å². The van der Waals surface area contributed by atoms with Crippen molar-refractivity contribution in [1.29, 1.82) is 0 Å². The van der Waals surface area contributed by atoms with Gasteiger partial charge in [0.25, 0.3) is 0 Å². The van der Waals surface area contributed by atoms with Gasteiger partial charge in [-0.2, -0.15) is 0 Å². The number of hydrogen-bond acceptors (Lipinski definition) is 6. The number of aryl methyl sites for hydroxylation is 2. The smallest absolute Gasteiger partial charge is 0.332 e. The summed E-state index contributed by atoms with van der Waals surface area (Å²) in [4.78, 5) is 30.2. The Morgan fingerprint density at radius 2 is 1.49 bits per heavy atom. The van der Waals surface area contributed by atoms with E-state index in [1.165, 1.54) is 6.92 Å². The Morgan fingerprint density at radius 1 is 0.860 bits per heavy atom. The second-order valence-corrected chi connectivity index (χ2v) is 11.4. The molecule has 1 fully saturated rings. The summed E-state index contributed by atoms with van der Waals surface area (Å²) >= 11 is 0. The molecule has 1 saturated heterocycles. The molecule has 0 N–H and O–H groups in total. The monoisotopic (exact) mass is 574 g/mol. The number of carbonyl (C=O) groups excluding carboxylic acids is 2. The molecule has 0 bridgehead atoms. The maximum atomic E-state index is 13.6. The predicted molar refractivity (Wildman–Crippen MR) is 167 cm³/mol. The molecular weight excluding hydrogens is 540 g/mol. The molecular formula is C36H34N2O5. The van der Waals surface area contributed by atoms with Crippen molar-refractivity contribution < 1.29 is 23.9 Å². The predicted octanol–water partition coefficient (Wildman–Crippen LogP) is 6.96. The minimum absolute atomic E-state index is 0.0303. The minimum atomic E-state index is -0.518. The number of aromatic nitrogens is 1. The van der Waals surface area contributed by atoms with Gasteiger partial charge in [-0.05, 0) is 62.6 Å². The van der Waals surface area contributed by atoms with E-state index in [0.29, 0.717) is 23.4 Å². The molecule has 0 radical (unpaired) electrons. The van der Waals surface area contributed by atoms with Crippen molar-refractivity contribution in [3.05, 3.63) is 119 Å². The Balaban J connectivity index is 1.29. The maximum absolute atomic E-state index is 13.6. The summed E-state index contributed by atoms with van der Waals surface area (Å²) in [6.07, 6.45) is 1.81. The lowest BCUT2D eigenvalue weighted by atomic mass is 9.97. The molecule has 1 unspecified atom stereocenters. The van der Waals surface area contributed by atoms with Gasteiger partial charge in [0.15, 0.2) is 11.6 Å². The summed E-state index contributed by atoms with van der Waals surface area (Å²) in [5.74, 6) is -1.04. The normalized spacial score (nSPS) is 16.6. The maximum Gasteiger partial charge on any atom is 0.332 e. The van der Waals surface area contributed by atoms with Gasteiger partial charge < -0.3 is 18.9 Å². The molecule has 4 aromatic carbocycles. The van der Waals surface area contributed by atoms with E-state index in [9.17, 15) is 9.59 Å². The molecule has 1 aliphatic rings. The Bertz CT molecular complexity index is 1850. The van der Waals surface area contributed by atoms with Crippen LogP contribution in [0.25, 0.3) is 21.8 Å². The Labute approximate surface area is 250 Å². The van der Waals surface area contributed by atoms with Gasteiger partial charge in [0.05, 0.1) is 12.7 Å². The zero-order valence-electron chi connectivity index (χ0n) is 24.8. The first-order valence-electron chi connectivity index (χ1n) is 14.5. The second-order valence-electron chi connectivity index (χ2n) is 11.4. The van der Waals surface area contributed by atoms with E-state index in [4.69, 9.17) is 14.3 Å². The van der Waals surface area contributed by atoms with Crippen LogP contribution in [0, 0.1) is 0 Å². The molecule has 7 nitrogen and oxygen atoms in total. The zero-order valence-corrected chi connectivity index (χ0v) is 24.8. The first-order chi connectivity index (χ1) is 20.7. The number of nitrogens with zero attached hydrogens (tertiary/aromatic N) is 2. The molecule has 6 rings (SSSR count). The van der Waals surface area contributed by atoms with E-state index in [1.807, 2.05) is 112 Å². The number of ketones is 1. The molecule has 0 aliphatic carbocycles. The van der Waals surface area contributed by atoms with Crippen molar-refractivity contribution >= 4 is 39.3 Å². The number of benzene rings is 4. The van der Waals surface area contributed by atoms with Crippen molar-refractivity contribution in [2.45, 2.75) is 45.5 Å². The summed E-state index contributed by atoms with van der Waals surface area (Å²) in [7, 11) is 2.01. The highest BCUT2D eigenvalue weighted by atomic mass is 16.7. The van der Waals surface area contributed by atoms with Gasteiger partial charge in [-0.15, -0.1) is 0 Å². The lowest BCUT2D eigenvalue weighted by Gasteiger charge is -2.17. The molecule has 5 aromatic rings. The molecule has 0 amide bonds. The van der Waals surface area contributed by atoms with E-state index in [2.05, 4.69) is 9.72 Å². The topological polar surface area (TPSA) is 79.1 Å². The molecule has 0 spiro atoms. The largest absolute Gasteiger partial charge is 0.348 e. The third-order valence-electron chi connectivity index (χ3n) is 7.89. The first-order valence-corrected chi connectivity index (χ1v) is 14.5. The number of oxime groups is 1. The number of ether oxygens (including phenoxy) is 2. The van der Waals surface area contributed by atoms with Crippen LogP contribution in [0.3, 0.4) is 0 Å². The highest BCUT2D eigenvalue weighted by Gasteiger charge is 2.32. The van der Waals surface area contributed by atoms with Crippen molar-refractivity contribution in [3.8, 4) is 0 Å². The summed E-state index contributed by atoms with van der Waals surface area (Å²) in [6.45, 7) is 5.80. The average molecular weight is 575 g/mol. The van der Waals surface area contributed by atoms with E-state index in [-0.39, 0.29) is 11.9 Å². The summed E-state index contributed by atoms with van der Waals surface area (Å²) in [5.41, 5.74) is 6.64. The number of carbonyl (C=O) groups is 2. The van der Waals surface area contributed by atoms with Gasteiger partial charge in [0, 0.05) is 58.0 Å². The molecule has 2 heterocycles. The molecule has 43 heavy (non-hydrogen) atoms. The molecule has 1 aliphatic heterocycles. The minimum Gasteiger partial charge on any atom is -0.348 e. The SMILES string of the molecule is CC(=O)O/N=C(\c1ccccc1)c1ccc2c(c1)c1cc(C(=O)c3ccc(CCC4COC(C)(C)O4)cc3)ccc1n2C. The van der Waals surface area contributed by atoms with Crippen LogP contribution in [0.2, 0.25) is 0 Å². The summed E-state index contributed by atoms with van der Waals surface area (Å²) in [5, 5.41) is 6.13. The van der Waals surface area contributed by atoms with Crippen LogP contribution >= 0.6 is 0 Å². The van der Waals surface area contributed by atoms with Crippen molar-refractivity contribution in [1.82, 2.24) is 4.57 Å². The van der Waals surface area contributed by atoms with E-state index < -0.39 is 11.8 Å². The van der Waals surface area contributed by atoms with Crippen LogP contribution < -0.4 is 0 Å². The Kier molecular flexibility index (Phi) is 7.69. The first kappa shape index (κ1) is 28.5. The number of fused-ring (bicyclic) bond motifs is 3. The van der Waals surface area contributed by atoms with Crippen LogP contribution in [0.15, 0.2) is 96.2 Å². The molecule has 218 valence electrons. The van der Waals surface area contributed by atoms with Crippen LogP contribution in [0.1, 0.15) is 59.8 Å². The van der Waals surface area contributed by atoms with Crippen molar-refractivity contribution in [3.63, 3.8) is 0 Å². The molecule has 7 heteroatoms. The Morgan fingerprint density at radius 3 is 2.12 bits per heavy atom. The molecule has 0 saturated carbocycles. The van der Waals surface area contributed by atoms with Gasteiger partial charge in [0.1, 0.15) is 5.71 Å². The summed E-state index contributed by atoms with van der Waals surface area (Å²) < 4.78 is 13.7. The highest BCUT2D eigenvalue weighted by molar-refractivity contribution is 6.18. The molecule has 1 atom stereocenters. The van der Waals surface area contributed by atoms with E-state index >= 15 is 0 Å². The van der Waals surface area contributed by atoms with Crippen molar-refractivity contribution in [2.75, 3.05) is 6.61 Å². The second kappa shape index (κ2) is 11.6. The van der Waals surface area contributed by atoms with Crippen molar-refractivity contribution in [2.24, 2.45) is 12.2 Å². The summed E-state index contributed by atoms with van der Waals surface area (Å²) in [6, 6.07) is 29.3. The third-order valence-corrected chi connectivity index (χ3v) is 7.89. The van der Waals surface area contributed by atoms with Gasteiger partial charge in [0.2, 0.25) is 0 Å². The average Bonchev–Trinajstić information content (AvgIpc) is 3.51. The fraction of sp³-hybridized carbons (Fsp3) is 0.250. The number of rotatable bonds is 8. The number of hydrogen-bond donors (Lipinski definition) is 0. The zero-order chi connectivity index (χ0) is 30.1. The fourth-order valence-electron chi connectivity index (χ4n) is 5.71. The van der Waals surface area contributed by atoms with Crippen LogP contribution in [-0.2, 0) is 32.6 Å². The van der Waals surface area contributed by atoms with Gasteiger partial charge in [-0.3, -0.25) is 4.79 Å². The van der Waals surface area contributed by atoms with E-state index in [1.54, 1.807) is 0 Å². The van der Waals surface area contributed by atoms with Gasteiger partial charge in [-0.1, -0.05) is 65.8 Å². The van der Waals surface area contributed by atoms with Crippen LogP contribution in [0.5, 0.6) is 0 Å². The van der Waals surface area contributed by atoms with Crippen LogP contribution in [-0.4, -0.2) is 40.5 Å². The quantitative estimate of drug-likeness (QED) is 0.0866. The lowest BCUT2D eigenvalue weighted by Crippen LogP contribution is -2.21. The standard InChI is InChI=1S/C36H34N2O5/c1-23(39)43-37-34(25-8-6-5-7-9-25)27-15-18-32-30(20-27)31-21-28(16-19-33(31)38(32)4)35(40)26-13-10-24(11-14-26)12-17-29-22-41-36(2,3)42-29/h5-11,13-16,18-21,29H,12,17,22H2,1-4H3/b37-34+. The third kappa shape index (κ3) is 6.00. The highest BCUT2D eigenvalue weighted by Crippen LogP contribution is 2.31. The fourth-order valence-corrected chi connectivity index (χ4v) is 5.71. The molecule has 1 aromatic heterocycles.